The largest absolute Gasteiger partial charge is 0.481 e. The van der Waals surface area contributed by atoms with Gasteiger partial charge in [0.15, 0.2) is 5.78 Å². The number of aliphatic hydroxyl groups excluding tert-OH is 1. The van der Waals surface area contributed by atoms with E-state index in [1.54, 1.807) is 0 Å². The minimum absolute atomic E-state index is 0.0239. The Bertz CT molecular complexity index is 899. The molecule has 0 bridgehead atoms. The highest BCUT2D eigenvalue weighted by molar-refractivity contribution is 6.10. The molecule has 1 aromatic carbocycles. The van der Waals surface area contributed by atoms with Crippen molar-refractivity contribution in [2.45, 2.75) is 77.4 Å². The molecule has 31 heavy (non-hydrogen) atoms. The van der Waals surface area contributed by atoms with Crippen molar-refractivity contribution in [2.75, 3.05) is 5.32 Å². The summed E-state index contributed by atoms with van der Waals surface area (Å²) in [5.41, 5.74) is 0.985. The van der Waals surface area contributed by atoms with Gasteiger partial charge in [0, 0.05) is 11.3 Å². The minimum Gasteiger partial charge on any atom is -0.481 e. The number of anilines is 1. The summed E-state index contributed by atoms with van der Waals surface area (Å²) >= 11 is 0. The van der Waals surface area contributed by atoms with Crippen molar-refractivity contribution in [3.05, 3.63) is 29.8 Å². The molecule has 5 heteroatoms. The Morgan fingerprint density at radius 2 is 1.90 bits per heavy atom. The summed E-state index contributed by atoms with van der Waals surface area (Å²) < 4.78 is 0. The molecule has 4 aliphatic rings. The Kier molecular flexibility index (Phi) is 4.96. The van der Waals surface area contributed by atoms with E-state index in [1.165, 1.54) is 0 Å². The first-order valence-electron chi connectivity index (χ1n) is 12.1. The van der Waals surface area contributed by atoms with Gasteiger partial charge in [-0.25, -0.2) is 0 Å². The smallest absolute Gasteiger partial charge is 0.309 e. The molecule has 0 aromatic heterocycles. The van der Waals surface area contributed by atoms with Crippen molar-refractivity contribution in [1.82, 2.24) is 0 Å². The van der Waals surface area contributed by atoms with Gasteiger partial charge < -0.3 is 15.5 Å². The highest BCUT2D eigenvalue weighted by atomic mass is 16.4. The van der Waals surface area contributed by atoms with Crippen LogP contribution in [0.25, 0.3) is 0 Å². The van der Waals surface area contributed by atoms with Gasteiger partial charge in [0.1, 0.15) is 0 Å². The second kappa shape index (κ2) is 7.33. The van der Waals surface area contributed by atoms with Gasteiger partial charge in [0.25, 0.3) is 0 Å². The van der Waals surface area contributed by atoms with Gasteiger partial charge in [0.2, 0.25) is 0 Å². The summed E-state index contributed by atoms with van der Waals surface area (Å²) in [6.45, 7) is 4.32. The van der Waals surface area contributed by atoms with Crippen molar-refractivity contribution >= 4 is 17.4 Å². The average Bonchev–Trinajstić information content (AvgIpc) is 3.06. The number of carboxylic acid groups (broad SMARTS) is 1. The number of para-hydroxylation sites is 1. The molecule has 0 spiro atoms. The fraction of sp³-hybridized carbons (Fsp3) is 0.692. The number of fused-ring (bicyclic) bond motifs is 4. The Morgan fingerprint density at radius 3 is 2.65 bits per heavy atom. The first-order valence-corrected chi connectivity index (χ1v) is 12.1. The van der Waals surface area contributed by atoms with Crippen LogP contribution in [0.5, 0.6) is 0 Å². The molecule has 3 N–H and O–H groups in total. The summed E-state index contributed by atoms with van der Waals surface area (Å²) in [6.07, 6.45) is 6.87. The Morgan fingerprint density at radius 1 is 1.13 bits per heavy atom. The highest BCUT2D eigenvalue weighted by Crippen LogP contribution is 2.63. The van der Waals surface area contributed by atoms with Gasteiger partial charge >= 0.3 is 5.97 Å². The van der Waals surface area contributed by atoms with Crippen molar-refractivity contribution in [3.8, 4) is 0 Å². The predicted octanol–water partition coefficient (Wildman–Crippen LogP) is 4.75. The molecule has 8 atom stereocenters. The van der Waals surface area contributed by atoms with Crippen LogP contribution >= 0.6 is 0 Å². The zero-order chi connectivity index (χ0) is 22.0. The number of nitrogens with one attached hydrogen (secondary N) is 1. The summed E-state index contributed by atoms with van der Waals surface area (Å²) in [5.74, 6) is 0.697. The maximum Gasteiger partial charge on any atom is 0.309 e. The highest BCUT2D eigenvalue weighted by Gasteiger charge is 2.59. The number of aliphatic carboxylic acids is 1. The summed E-state index contributed by atoms with van der Waals surface area (Å²) in [4.78, 5) is 25.6. The van der Waals surface area contributed by atoms with Crippen LogP contribution in [0.15, 0.2) is 24.3 Å². The molecule has 3 aliphatic carbocycles. The molecule has 1 aromatic rings. The van der Waals surface area contributed by atoms with Crippen LogP contribution in [0, 0.1) is 34.5 Å². The van der Waals surface area contributed by atoms with E-state index in [0.29, 0.717) is 30.6 Å². The van der Waals surface area contributed by atoms with Gasteiger partial charge in [-0.05, 0) is 99.5 Å². The second-order valence-electron chi connectivity index (χ2n) is 11.2. The Labute approximate surface area is 184 Å². The van der Waals surface area contributed by atoms with Crippen LogP contribution < -0.4 is 5.32 Å². The maximum absolute atomic E-state index is 13.1. The van der Waals surface area contributed by atoms with Gasteiger partial charge in [-0.3, -0.25) is 9.59 Å². The molecule has 3 saturated carbocycles. The van der Waals surface area contributed by atoms with Gasteiger partial charge in [-0.15, -0.1) is 0 Å². The molecule has 1 aliphatic heterocycles. The van der Waals surface area contributed by atoms with E-state index in [2.05, 4.69) is 12.2 Å². The number of carbonyl (C=O) groups is 2. The van der Waals surface area contributed by atoms with E-state index in [9.17, 15) is 19.8 Å². The molecule has 1 heterocycles. The van der Waals surface area contributed by atoms with Gasteiger partial charge in [-0.2, -0.15) is 0 Å². The van der Waals surface area contributed by atoms with Crippen molar-refractivity contribution in [3.63, 3.8) is 0 Å². The standard InChI is InChI=1S/C26H35NO4/c1-25-11-9-16(28)13-15(25)7-8-17-19(25)10-12-26(2,24(30)31)20(17)14-22-23(29)18-5-3-4-6-21(18)27-22/h3-6,15-17,19-20,22,27-28H,7-14H2,1-2H3,(H,30,31)/t15-,16+,17+,19-,20+,22+,25-,26+/m0/s1. The van der Waals surface area contributed by atoms with Crippen LogP contribution in [0.4, 0.5) is 5.69 Å². The normalized spacial score (nSPS) is 44.0. The molecule has 168 valence electrons. The third-order valence-corrected chi connectivity index (χ3v) is 9.84. The van der Waals surface area contributed by atoms with Crippen molar-refractivity contribution < 1.29 is 19.8 Å². The number of hydrogen-bond donors (Lipinski definition) is 3. The molecule has 3 fully saturated rings. The zero-order valence-corrected chi connectivity index (χ0v) is 18.6. The van der Waals surface area contributed by atoms with E-state index < -0.39 is 11.4 Å². The lowest BCUT2D eigenvalue weighted by molar-refractivity contribution is -0.170. The van der Waals surface area contributed by atoms with Crippen molar-refractivity contribution in [1.29, 1.82) is 0 Å². The lowest BCUT2D eigenvalue weighted by atomic mass is 9.44. The number of rotatable bonds is 3. The van der Waals surface area contributed by atoms with Crippen LogP contribution in [-0.4, -0.2) is 34.1 Å². The number of carboxylic acids is 1. The number of hydrogen-bond acceptors (Lipinski definition) is 4. The van der Waals surface area contributed by atoms with E-state index >= 15 is 0 Å². The molecule has 5 rings (SSSR count). The summed E-state index contributed by atoms with van der Waals surface area (Å²) in [6, 6.07) is 7.29. The predicted molar refractivity (Wildman–Crippen MR) is 119 cm³/mol. The lowest BCUT2D eigenvalue weighted by Gasteiger charge is -2.60. The monoisotopic (exact) mass is 425 g/mol. The van der Waals surface area contributed by atoms with Crippen LogP contribution in [-0.2, 0) is 4.79 Å². The lowest BCUT2D eigenvalue weighted by Crippen LogP contribution is -2.56. The van der Waals surface area contributed by atoms with Crippen molar-refractivity contribution in [2.24, 2.45) is 34.5 Å². The Hall–Kier alpha value is -1.88. The molecular weight excluding hydrogens is 390 g/mol. The number of ketones is 1. The van der Waals surface area contributed by atoms with E-state index in [-0.39, 0.29) is 29.3 Å². The van der Waals surface area contributed by atoms with Crippen LogP contribution in [0.2, 0.25) is 0 Å². The first kappa shape index (κ1) is 21.0. The number of aliphatic hydroxyl groups is 1. The van der Waals surface area contributed by atoms with E-state index in [4.69, 9.17) is 0 Å². The molecule has 0 unspecified atom stereocenters. The second-order valence-corrected chi connectivity index (χ2v) is 11.2. The van der Waals surface area contributed by atoms with E-state index in [0.717, 1.165) is 49.8 Å². The first-order chi connectivity index (χ1) is 14.7. The number of benzene rings is 1. The number of carbonyl (C=O) groups excluding carboxylic acids is 1. The maximum atomic E-state index is 13.1. The van der Waals surface area contributed by atoms with Crippen LogP contribution in [0.3, 0.4) is 0 Å². The number of Topliss-reactive ketones (excluding diaryl/α,β-unsaturated/α-hetero) is 1. The van der Waals surface area contributed by atoms with Crippen LogP contribution in [0.1, 0.15) is 75.6 Å². The SMILES string of the molecule is C[C@]12CC[C@@H](O)C[C@@H]1CC[C@H]1[C@@H](C[C@H]3Nc4ccccc4C3=O)[C@](C)(C(=O)O)CC[C@@H]12. The fourth-order valence-electron chi connectivity index (χ4n) is 7.94. The Balaban J connectivity index is 1.45. The summed E-state index contributed by atoms with van der Waals surface area (Å²) in [7, 11) is 0. The zero-order valence-electron chi connectivity index (χ0n) is 18.6. The minimum atomic E-state index is -0.796. The molecule has 0 amide bonds. The molecule has 5 nitrogen and oxygen atoms in total. The molecule has 0 radical (unpaired) electrons. The van der Waals surface area contributed by atoms with E-state index in [1.807, 2.05) is 31.2 Å². The van der Waals surface area contributed by atoms with Gasteiger partial charge in [-0.1, -0.05) is 19.1 Å². The summed E-state index contributed by atoms with van der Waals surface area (Å²) in [5, 5.41) is 23.9. The quantitative estimate of drug-likeness (QED) is 0.651. The third kappa shape index (κ3) is 3.14. The molecule has 0 saturated heterocycles. The third-order valence-electron chi connectivity index (χ3n) is 9.84. The molecular formula is C26H35NO4. The average molecular weight is 426 g/mol. The fourth-order valence-corrected chi connectivity index (χ4v) is 7.94. The topological polar surface area (TPSA) is 86.6 Å². The van der Waals surface area contributed by atoms with Gasteiger partial charge in [0.05, 0.1) is 17.6 Å².